The Morgan fingerprint density at radius 1 is 1.35 bits per heavy atom. The van der Waals surface area contributed by atoms with Crippen molar-refractivity contribution >= 4 is 0 Å². The molecule has 1 rings (SSSR count). The third-order valence-electron chi connectivity index (χ3n) is 3.01. The molecule has 0 amide bonds. The maximum atomic E-state index is 3.55. The Morgan fingerprint density at radius 3 is 2.71 bits per heavy atom. The van der Waals surface area contributed by atoms with Crippen molar-refractivity contribution < 1.29 is 0 Å². The SMILES string of the molecule is CCCC(NCC)c1ccn(CCN(C)C)c1. The van der Waals surface area contributed by atoms with Gasteiger partial charge in [-0.15, -0.1) is 0 Å². The van der Waals surface area contributed by atoms with Gasteiger partial charge in [-0.2, -0.15) is 0 Å². The Hall–Kier alpha value is -0.800. The summed E-state index contributed by atoms with van der Waals surface area (Å²) in [6, 6.07) is 2.77. The number of nitrogens with zero attached hydrogens (tertiary/aromatic N) is 2. The summed E-state index contributed by atoms with van der Waals surface area (Å²) >= 11 is 0. The van der Waals surface area contributed by atoms with E-state index in [1.165, 1.54) is 18.4 Å². The lowest BCUT2D eigenvalue weighted by Gasteiger charge is -2.15. The lowest BCUT2D eigenvalue weighted by molar-refractivity contribution is 0.384. The fourth-order valence-corrected chi connectivity index (χ4v) is 2.04. The first-order chi connectivity index (χ1) is 8.17. The first-order valence-electron chi connectivity index (χ1n) is 6.71. The van der Waals surface area contributed by atoms with Crippen LogP contribution >= 0.6 is 0 Å². The smallest absolute Gasteiger partial charge is 0.0347 e. The van der Waals surface area contributed by atoms with Gasteiger partial charge in [0.2, 0.25) is 0 Å². The molecule has 3 nitrogen and oxygen atoms in total. The lowest BCUT2D eigenvalue weighted by Crippen LogP contribution is -2.20. The van der Waals surface area contributed by atoms with Crippen LogP contribution in [-0.2, 0) is 6.54 Å². The van der Waals surface area contributed by atoms with Crippen LogP contribution in [0, 0.1) is 0 Å². The Kier molecular flexibility index (Phi) is 6.30. The molecule has 1 aromatic heterocycles. The van der Waals surface area contributed by atoms with Crippen LogP contribution in [0.5, 0.6) is 0 Å². The van der Waals surface area contributed by atoms with Crippen molar-refractivity contribution in [3.05, 3.63) is 24.0 Å². The molecule has 1 N–H and O–H groups in total. The molecule has 0 saturated heterocycles. The van der Waals surface area contributed by atoms with Gasteiger partial charge in [0.15, 0.2) is 0 Å². The molecule has 0 spiro atoms. The zero-order chi connectivity index (χ0) is 12.7. The van der Waals surface area contributed by atoms with Crippen molar-refractivity contribution in [2.75, 3.05) is 27.2 Å². The minimum Gasteiger partial charge on any atom is -0.353 e. The van der Waals surface area contributed by atoms with Crippen molar-refractivity contribution in [3.8, 4) is 0 Å². The maximum absolute atomic E-state index is 3.55. The molecule has 0 aliphatic heterocycles. The van der Waals surface area contributed by atoms with E-state index in [9.17, 15) is 0 Å². The van der Waals surface area contributed by atoms with E-state index in [-0.39, 0.29) is 0 Å². The summed E-state index contributed by atoms with van der Waals surface area (Å²) in [6.45, 7) is 7.61. The molecule has 0 bridgehead atoms. The summed E-state index contributed by atoms with van der Waals surface area (Å²) in [4.78, 5) is 2.22. The largest absolute Gasteiger partial charge is 0.353 e. The highest BCUT2D eigenvalue weighted by Gasteiger charge is 2.10. The Morgan fingerprint density at radius 2 is 2.12 bits per heavy atom. The van der Waals surface area contributed by atoms with E-state index in [1.807, 2.05) is 0 Å². The summed E-state index contributed by atoms with van der Waals surface area (Å²) < 4.78 is 2.29. The molecule has 0 aliphatic rings. The van der Waals surface area contributed by atoms with Crippen LogP contribution in [0.1, 0.15) is 38.3 Å². The van der Waals surface area contributed by atoms with Crippen LogP contribution in [-0.4, -0.2) is 36.7 Å². The minimum atomic E-state index is 0.519. The Bertz CT molecular complexity index is 298. The average Bonchev–Trinajstić information content (AvgIpc) is 2.74. The molecule has 3 heteroatoms. The van der Waals surface area contributed by atoms with Gasteiger partial charge in [0.05, 0.1) is 0 Å². The minimum absolute atomic E-state index is 0.519. The average molecular weight is 237 g/mol. The number of rotatable bonds is 8. The Labute approximate surface area is 106 Å². The zero-order valence-corrected chi connectivity index (χ0v) is 11.7. The molecule has 0 fully saturated rings. The molecule has 0 aromatic carbocycles. The van der Waals surface area contributed by atoms with Crippen LogP contribution in [0.2, 0.25) is 0 Å². The fourth-order valence-electron chi connectivity index (χ4n) is 2.04. The number of hydrogen-bond donors (Lipinski definition) is 1. The highest BCUT2D eigenvalue weighted by Crippen LogP contribution is 2.18. The van der Waals surface area contributed by atoms with Crippen LogP contribution in [0.25, 0.3) is 0 Å². The standard InChI is InChI=1S/C14H27N3/c1-5-7-14(15-6-2)13-8-9-17(12-13)11-10-16(3)4/h8-9,12,14-15H,5-7,10-11H2,1-4H3. The van der Waals surface area contributed by atoms with Gasteiger partial charge in [-0.1, -0.05) is 20.3 Å². The molecule has 1 heterocycles. The zero-order valence-electron chi connectivity index (χ0n) is 11.7. The van der Waals surface area contributed by atoms with E-state index in [1.54, 1.807) is 0 Å². The normalized spacial score (nSPS) is 13.2. The molecule has 0 radical (unpaired) electrons. The van der Waals surface area contributed by atoms with Crippen molar-refractivity contribution in [2.24, 2.45) is 0 Å². The number of aromatic nitrogens is 1. The van der Waals surface area contributed by atoms with Crippen molar-refractivity contribution in [1.29, 1.82) is 0 Å². The third-order valence-corrected chi connectivity index (χ3v) is 3.01. The van der Waals surface area contributed by atoms with Crippen LogP contribution in [0.15, 0.2) is 18.5 Å². The highest BCUT2D eigenvalue weighted by molar-refractivity contribution is 5.15. The fraction of sp³-hybridized carbons (Fsp3) is 0.714. The second kappa shape index (κ2) is 7.51. The summed E-state index contributed by atoms with van der Waals surface area (Å²) in [5.74, 6) is 0. The highest BCUT2D eigenvalue weighted by atomic mass is 15.1. The summed E-state index contributed by atoms with van der Waals surface area (Å²) in [5.41, 5.74) is 1.42. The monoisotopic (exact) mass is 237 g/mol. The van der Waals surface area contributed by atoms with Crippen LogP contribution in [0.3, 0.4) is 0 Å². The predicted octanol–water partition coefficient (Wildman–Crippen LogP) is 2.50. The molecule has 98 valence electrons. The topological polar surface area (TPSA) is 20.2 Å². The van der Waals surface area contributed by atoms with Gasteiger partial charge in [0.1, 0.15) is 0 Å². The summed E-state index contributed by atoms with van der Waals surface area (Å²) in [7, 11) is 4.23. The van der Waals surface area contributed by atoms with Gasteiger partial charge in [-0.25, -0.2) is 0 Å². The van der Waals surface area contributed by atoms with Gasteiger partial charge in [0.25, 0.3) is 0 Å². The van der Waals surface area contributed by atoms with E-state index >= 15 is 0 Å². The maximum Gasteiger partial charge on any atom is 0.0347 e. The number of nitrogens with one attached hydrogen (secondary N) is 1. The molecular formula is C14H27N3. The molecule has 1 atom stereocenters. The van der Waals surface area contributed by atoms with Crippen LogP contribution < -0.4 is 5.32 Å². The molecule has 0 saturated carbocycles. The third kappa shape index (κ3) is 4.92. The summed E-state index contributed by atoms with van der Waals surface area (Å²) in [6.07, 6.45) is 6.91. The van der Waals surface area contributed by atoms with Gasteiger partial charge >= 0.3 is 0 Å². The van der Waals surface area contributed by atoms with Crippen molar-refractivity contribution in [1.82, 2.24) is 14.8 Å². The first kappa shape index (κ1) is 14.3. The lowest BCUT2D eigenvalue weighted by atomic mass is 10.1. The van der Waals surface area contributed by atoms with Crippen LogP contribution in [0.4, 0.5) is 0 Å². The second-order valence-corrected chi connectivity index (χ2v) is 4.88. The number of hydrogen-bond acceptors (Lipinski definition) is 2. The van der Waals surface area contributed by atoms with E-state index < -0.39 is 0 Å². The van der Waals surface area contributed by atoms with E-state index in [0.29, 0.717) is 6.04 Å². The first-order valence-corrected chi connectivity index (χ1v) is 6.71. The predicted molar refractivity (Wildman–Crippen MR) is 74.3 cm³/mol. The Balaban J connectivity index is 2.57. The molecule has 1 unspecified atom stereocenters. The van der Waals surface area contributed by atoms with Crippen molar-refractivity contribution in [2.45, 2.75) is 39.3 Å². The van der Waals surface area contributed by atoms with E-state index in [4.69, 9.17) is 0 Å². The van der Waals surface area contributed by atoms with E-state index in [0.717, 1.165) is 19.6 Å². The second-order valence-electron chi connectivity index (χ2n) is 4.88. The molecule has 1 aromatic rings. The van der Waals surface area contributed by atoms with Crippen molar-refractivity contribution in [3.63, 3.8) is 0 Å². The molecule has 0 aliphatic carbocycles. The van der Waals surface area contributed by atoms with Gasteiger partial charge in [0, 0.05) is 31.5 Å². The van der Waals surface area contributed by atoms with E-state index in [2.05, 4.69) is 61.2 Å². The van der Waals surface area contributed by atoms with Gasteiger partial charge < -0.3 is 14.8 Å². The summed E-state index contributed by atoms with van der Waals surface area (Å²) in [5, 5.41) is 3.55. The van der Waals surface area contributed by atoms with Gasteiger partial charge in [-0.05, 0) is 38.7 Å². The molecular weight excluding hydrogens is 210 g/mol. The number of likely N-dealkylation sites (N-methyl/N-ethyl adjacent to an activating group) is 1. The quantitative estimate of drug-likeness (QED) is 0.749. The van der Waals surface area contributed by atoms with Gasteiger partial charge in [-0.3, -0.25) is 0 Å². The molecule has 17 heavy (non-hydrogen) atoms.